The zero-order valence-corrected chi connectivity index (χ0v) is 5.45. The first-order valence-corrected chi connectivity index (χ1v) is 3.26. The highest BCUT2D eigenvalue weighted by atomic mass is 16.2. The second-order valence-corrected chi connectivity index (χ2v) is 2.41. The molecule has 53 valence electrons. The molecule has 0 aromatic carbocycles. The van der Waals surface area contributed by atoms with Crippen LogP contribution in [0.5, 0.6) is 0 Å². The number of nitrogens with zero attached hydrogens (tertiary/aromatic N) is 2. The van der Waals surface area contributed by atoms with Crippen LogP contribution in [0.2, 0.25) is 0 Å². The van der Waals surface area contributed by atoms with Crippen LogP contribution in [-0.4, -0.2) is 36.3 Å². The second kappa shape index (κ2) is 2.05. The normalized spacial score (nSPS) is 31.0. The predicted molar refractivity (Wildman–Crippen MR) is 36.3 cm³/mol. The van der Waals surface area contributed by atoms with E-state index in [1.165, 1.54) is 0 Å². The Labute approximate surface area is 58.9 Å². The Morgan fingerprint density at radius 1 is 1.80 bits per heavy atom. The van der Waals surface area contributed by atoms with Gasteiger partial charge in [0.1, 0.15) is 0 Å². The summed E-state index contributed by atoms with van der Waals surface area (Å²) in [4.78, 5) is 16.6. The van der Waals surface area contributed by atoms with E-state index < -0.39 is 0 Å². The first-order chi connectivity index (χ1) is 4.88. The van der Waals surface area contributed by atoms with Gasteiger partial charge in [0.05, 0.1) is 25.5 Å². The van der Waals surface area contributed by atoms with E-state index in [4.69, 9.17) is 0 Å². The number of rotatable bonds is 0. The maximum Gasteiger partial charge on any atom is 0.242 e. The van der Waals surface area contributed by atoms with Gasteiger partial charge >= 0.3 is 0 Å². The third-order valence-electron chi connectivity index (χ3n) is 1.72. The smallest absolute Gasteiger partial charge is 0.242 e. The summed E-state index contributed by atoms with van der Waals surface area (Å²) >= 11 is 0. The lowest BCUT2D eigenvalue weighted by molar-refractivity contribution is -0.128. The van der Waals surface area contributed by atoms with Crippen molar-refractivity contribution in [3.8, 4) is 0 Å². The lowest BCUT2D eigenvalue weighted by Gasteiger charge is -2.27. The molecular weight excluding hydrogens is 130 g/mol. The Balaban J connectivity index is 2.16. The Hall–Kier alpha value is -0.900. The molecular formula is C6H8N3O. The van der Waals surface area contributed by atoms with Crippen LogP contribution in [0.4, 0.5) is 0 Å². The fourth-order valence-electron chi connectivity index (χ4n) is 1.19. The minimum absolute atomic E-state index is 0.105. The Morgan fingerprint density at radius 3 is 3.50 bits per heavy atom. The summed E-state index contributed by atoms with van der Waals surface area (Å²) in [6, 6.07) is 0.168. The molecule has 0 aromatic rings. The molecule has 1 amide bonds. The molecule has 1 radical (unpaired) electrons. The van der Waals surface area contributed by atoms with E-state index in [0.717, 1.165) is 6.54 Å². The number of amides is 1. The van der Waals surface area contributed by atoms with E-state index in [-0.39, 0.29) is 11.9 Å². The summed E-state index contributed by atoms with van der Waals surface area (Å²) in [6.07, 6.45) is 1.59. The van der Waals surface area contributed by atoms with Crippen LogP contribution in [0.15, 0.2) is 4.99 Å². The predicted octanol–water partition coefficient (Wildman–Crippen LogP) is -1.01. The summed E-state index contributed by atoms with van der Waals surface area (Å²) < 4.78 is 0. The topological polar surface area (TPSA) is 44.7 Å². The molecule has 0 bridgehead atoms. The molecule has 2 rings (SSSR count). The van der Waals surface area contributed by atoms with Crippen LogP contribution in [0.1, 0.15) is 0 Å². The van der Waals surface area contributed by atoms with Gasteiger partial charge in [-0.05, 0) is 0 Å². The van der Waals surface area contributed by atoms with Crippen molar-refractivity contribution in [1.82, 2.24) is 10.2 Å². The standard InChI is InChI=1S/C6H8N3O/c10-6-3-7-1-5-2-8-4-9(5)6/h2,4-5,7H,1,3H2. The van der Waals surface area contributed by atoms with Crippen molar-refractivity contribution < 1.29 is 4.79 Å². The molecule has 2 heterocycles. The first kappa shape index (κ1) is 5.85. The number of hydrogen-bond donors (Lipinski definition) is 1. The van der Waals surface area contributed by atoms with Crippen LogP contribution >= 0.6 is 0 Å². The van der Waals surface area contributed by atoms with Gasteiger partial charge in [-0.2, -0.15) is 0 Å². The number of piperazine rings is 1. The number of fused-ring (bicyclic) bond motifs is 1. The van der Waals surface area contributed by atoms with Crippen LogP contribution in [-0.2, 0) is 4.79 Å². The van der Waals surface area contributed by atoms with Crippen molar-refractivity contribution >= 4 is 12.2 Å². The minimum Gasteiger partial charge on any atom is -0.306 e. The van der Waals surface area contributed by atoms with Gasteiger partial charge in [0.2, 0.25) is 5.91 Å². The molecule has 1 saturated heterocycles. The molecule has 1 N–H and O–H groups in total. The number of carbonyl (C=O) groups is 1. The maximum atomic E-state index is 11.0. The average molecular weight is 138 g/mol. The SMILES string of the molecule is O=C1CNCC2[CH]N=CN12. The summed E-state index contributed by atoms with van der Waals surface area (Å²) in [5, 5.41) is 3.00. The molecule has 4 heteroatoms. The summed E-state index contributed by atoms with van der Waals surface area (Å²) in [5.74, 6) is 0.105. The highest BCUT2D eigenvalue weighted by Gasteiger charge is 2.29. The Morgan fingerprint density at radius 2 is 2.70 bits per heavy atom. The van der Waals surface area contributed by atoms with Crippen LogP contribution in [0.25, 0.3) is 0 Å². The summed E-state index contributed by atoms with van der Waals surface area (Å²) in [7, 11) is 0. The van der Waals surface area contributed by atoms with Crippen molar-refractivity contribution in [3.63, 3.8) is 0 Å². The third-order valence-corrected chi connectivity index (χ3v) is 1.72. The van der Waals surface area contributed by atoms with E-state index in [2.05, 4.69) is 10.3 Å². The highest BCUT2D eigenvalue weighted by molar-refractivity contribution is 5.91. The highest BCUT2D eigenvalue weighted by Crippen LogP contribution is 2.10. The number of hydrogen-bond acceptors (Lipinski definition) is 3. The monoisotopic (exact) mass is 138 g/mol. The van der Waals surface area contributed by atoms with Gasteiger partial charge in [-0.15, -0.1) is 0 Å². The van der Waals surface area contributed by atoms with Gasteiger partial charge in [-0.3, -0.25) is 14.7 Å². The zero-order chi connectivity index (χ0) is 6.97. The van der Waals surface area contributed by atoms with E-state index >= 15 is 0 Å². The van der Waals surface area contributed by atoms with Crippen molar-refractivity contribution in [2.75, 3.05) is 13.1 Å². The van der Waals surface area contributed by atoms with Crippen LogP contribution in [0, 0.1) is 6.54 Å². The molecule has 0 aliphatic carbocycles. The number of aliphatic imine (C=N–C) groups is 1. The van der Waals surface area contributed by atoms with E-state index in [1.54, 1.807) is 17.8 Å². The van der Waals surface area contributed by atoms with Gasteiger partial charge in [0.25, 0.3) is 0 Å². The summed E-state index contributed by atoms with van der Waals surface area (Å²) in [5.41, 5.74) is 0. The molecule has 10 heavy (non-hydrogen) atoms. The van der Waals surface area contributed by atoms with Crippen molar-refractivity contribution in [1.29, 1.82) is 0 Å². The summed E-state index contributed by atoms with van der Waals surface area (Å²) in [6.45, 7) is 3.05. The third kappa shape index (κ3) is 0.724. The maximum absolute atomic E-state index is 11.0. The number of nitrogens with one attached hydrogen (secondary N) is 1. The molecule has 1 atom stereocenters. The molecule has 1 unspecified atom stereocenters. The Kier molecular flexibility index (Phi) is 1.20. The van der Waals surface area contributed by atoms with Gasteiger partial charge in [-0.1, -0.05) is 0 Å². The largest absolute Gasteiger partial charge is 0.306 e. The lowest BCUT2D eigenvalue weighted by atomic mass is 10.2. The quantitative estimate of drug-likeness (QED) is 0.466. The van der Waals surface area contributed by atoms with Crippen LogP contribution in [0.3, 0.4) is 0 Å². The molecule has 2 aliphatic heterocycles. The number of carbonyl (C=O) groups excluding carboxylic acids is 1. The fourth-order valence-corrected chi connectivity index (χ4v) is 1.19. The average Bonchev–Trinajstić information content (AvgIpc) is 2.36. The van der Waals surface area contributed by atoms with E-state index in [0.29, 0.717) is 6.54 Å². The Bertz CT molecular complexity index is 189. The lowest BCUT2D eigenvalue weighted by Crippen LogP contribution is -2.51. The van der Waals surface area contributed by atoms with Gasteiger partial charge in [0.15, 0.2) is 0 Å². The van der Waals surface area contributed by atoms with Gasteiger partial charge < -0.3 is 5.32 Å². The van der Waals surface area contributed by atoms with Gasteiger partial charge in [0, 0.05) is 6.54 Å². The molecule has 0 aromatic heterocycles. The molecule has 2 aliphatic rings. The van der Waals surface area contributed by atoms with E-state index in [1.807, 2.05) is 0 Å². The minimum atomic E-state index is 0.105. The van der Waals surface area contributed by atoms with Crippen molar-refractivity contribution in [2.45, 2.75) is 6.04 Å². The molecule has 4 nitrogen and oxygen atoms in total. The van der Waals surface area contributed by atoms with E-state index in [9.17, 15) is 4.79 Å². The fraction of sp³-hybridized carbons (Fsp3) is 0.500. The van der Waals surface area contributed by atoms with Crippen LogP contribution < -0.4 is 5.32 Å². The zero-order valence-electron chi connectivity index (χ0n) is 5.45. The first-order valence-electron chi connectivity index (χ1n) is 3.26. The molecule has 0 spiro atoms. The van der Waals surface area contributed by atoms with Gasteiger partial charge in [-0.25, -0.2) is 0 Å². The molecule has 0 saturated carbocycles. The second-order valence-electron chi connectivity index (χ2n) is 2.41. The van der Waals surface area contributed by atoms with Crippen molar-refractivity contribution in [2.24, 2.45) is 4.99 Å². The molecule has 1 fully saturated rings. The van der Waals surface area contributed by atoms with Crippen molar-refractivity contribution in [3.05, 3.63) is 6.54 Å².